The van der Waals surface area contributed by atoms with Gasteiger partial charge in [0.25, 0.3) is 0 Å². The van der Waals surface area contributed by atoms with Crippen molar-refractivity contribution in [2.45, 2.75) is 83.6 Å². The zero-order valence-electron chi connectivity index (χ0n) is 18.8. The summed E-state index contributed by atoms with van der Waals surface area (Å²) in [6.45, 7) is 2.08. The highest BCUT2D eigenvalue weighted by Crippen LogP contribution is 2.19. The van der Waals surface area contributed by atoms with Gasteiger partial charge >= 0.3 is 0 Å². The van der Waals surface area contributed by atoms with Gasteiger partial charge in [0.15, 0.2) is 0 Å². The second kappa shape index (κ2) is 14.4. The molecule has 0 saturated heterocycles. The van der Waals surface area contributed by atoms with E-state index >= 15 is 0 Å². The minimum atomic E-state index is -0.573. The third-order valence-corrected chi connectivity index (χ3v) is 5.59. The number of aldehydes is 1. The minimum Gasteiger partial charge on any atom is -0.361 e. The van der Waals surface area contributed by atoms with Crippen LogP contribution in [0.3, 0.4) is 0 Å². The number of aromatic amines is 1. The Morgan fingerprint density at radius 3 is 2.29 bits per heavy atom. The minimum absolute atomic E-state index is 0.129. The summed E-state index contributed by atoms with van der Waals surface area (Å²) in [5.74, 6) is -0.332. The summed E-state index contributed by atoms with van der Waals surface area (Å²) in [6.07, 6.45) is 14.4. The van der Waals surface area contributed by atoms with Crippen molar-refractivity contribution in [3.8, 4) is 0 Å². The second-order valence-corrected chi connectivity index (χ2v) is 8.25. The molecule has 1 atom stereocenters. The van der Waals surface area contributed by atoms with Crippen LogP contribution >= 0.6 is 0 Å². The van der Waals surface area contributed by atoms with E-state index in [1.54, 1.807) is 0 Å². The van der Waals surface area contributed by atoms with Crippen LogP contribution in [0.2, 0.25) is 0 Å². The number of carbonyl (C=O) groups excluding carboxylic acids is 3. The molecule has 170 valence electrons. The average Bonchev–Trinajstić information content (AvgIpc) is 3.16. The summed E-state index contributed by atoms with van der Waals surface area (Å²) in [4.78, 5) is 37.8. The van der Waals surface area contributed by atoms with E-state index in [-0.39, 0.29) is 11.8 Å². The number of para-hydroxylation sites is 1. The lowest BCUT2D eigenvalue weighted by molar-refractivity contribution is -0.128. The van der Waals surface area contributed by atoms with E-state index in [0.29, 0.717) is 19.4 Å². The van der Waals surface area contributed by atoms with Gasteiger partial charge in [0.05, 0.1) is 0 Å². The summed E-state index contributed by atoms with van der Waals surface area (Å²) in [7, 11) is 0. The predicted molar refractivity (Wildman–Crippen MR) is 125 cm³/mol. The Hall–Kier alpha value is -2.63. The zero-order valence-corrected chi connectivity index (χ0v) is 18.8. The molecule has 31 heavy (non-hydrogen) atoms. The van der Waals surface area contributed by atoms with Crippen molar-refractivity contribution in [3.05, 3.63) is 36.0 Å². The fourth-order valence-electron chi connectivity index (χ4n) is 3.90. The molecule has 0 saturated carbocycles. The van der Waals surface area contributed by atoms with Gasteiger partial charge in [-0.3, -0.25) is 9.59 Å². The Morgan fingerprint density at radius 2 is 1.61 bits per heavy atom. The predicted octanol–water partition coefficient (Wildman–Crippen LogP) is 4.43. The van der Waals surface area contributed by atoms with Crippen LogP contribution in [0.15, 0.2) is 30.5 Å². The Kier molecular flexibility index (Phi) is 11.4. The van der Waals surface area contributed by atoms with E-state index in [9.17, 15) is 14.4 Å². The number of amides is 2. The highest BCUT2D eigenvalue weighted by Gasteiger charge is 2.21. The van der Waals surface area contributed by atoms with E-state index in [1.807, 2.05) is 30.5 Å². The molecule has 0 spiro atoms. The fraction of sp³-hybridized carbons (Fsp3) is 0.560. The molecule has 6 nitrogen and oxygen atoms in total. The first-order chi connectivity index (χ1) is 15.1. The lowest BCUT2D eigenvalue weighted by atomic mass is 10.0. The van der Waals surface area contributed by atoms with Crippen molar-refractivity contribution in [2.75, 3.05) is 6.54 Å². The van der Waals surface area contributed by atoms with Crippen molar-refractivity contribution >= 4 is 29.0 Å². The Balaban J connectivity index is 1.65. The van der Waals surface area contributed by atoms with E-state index in [1.165, 1.54) is 39.0 Å². The number of benzene rings is 1. The highest BCUT2D eigenvalue weighted by molar-refractivity contribution is 5.89. The number of fused-ring (bicyclic) bond motifs is 1. The molecule has 1 aromatic carbocycles. The molecule has 2 amide bonds. The third-order valence-electron chi connectivity index (χ3n) is 5.59. The molecule has 3 N–H and O–H groups in total. The van der Waals surface area contributed by atoms with Gasteiger partial charge in [-0.25, -0.2) is 0 Å². The Labute approximate surface area is 185 Å². The molecule has 0 aliphatic rings. The SMILES string of the molecule is CC(=O)N[C@@H](Cc1c[nH]c2ccccc12)C(=O)NCCCCCCCCCCCC=O. The maximum absolute atomic E-state index is 12.7. The van der Waals surface area contributed by atoms with Crippen LogP contribution in [0.1, 0.15) is 76.7 Å². The van der Waals surface area contributed by atoms with Crippen molar-refractivity contribution in [1.82, 2.24) is 15.6 Å². The molecule has 0 unspecified atom stereocenters. The first-order valence-corrected chi connectivity index (χ1v) is 11.6. The van der Waals surface area contributed by atoms with Gasteiger partial charge in [0.2, 0.25) is 11.8 Å². The number of aromatic nitrogens is 1. The molecule has 2 rings (SSSR count). The van der Waals surface area contributed by atoms with Gasteiger partial charge in [-0.1, -0.05) is 63.1 Å². The Morgan fingerprint density at radius 1 is 0.968 bits per heavy atom. The summed E-state index contributed by atoms with van der Waals surface area (Å²) >= 11 is 0. The maximum atomic E-state index is 12.7. The van der Waals surface area contributed by atoms with Crippen molar-refractivity contribution < 1.29 is 14.4 Å². The number of unbranched alkanes of at least 4 members (excludes halogenated alkanes) is 9. The number of H-pyrrole nitrogens is 1. The first-order valence-electron chi connectivity index (χ1n) is 11.6. The fourth-order valence-corrected chi connectivity index (χ4v) is 3.90. The molecule has 0 bridgehead atoms. The summed E-state index contributed by atoms with van der Waals surface area (Å²) < 4.78 is 0. The van der Waals surface area contributed by atoms with E-state index in [2.05, 4.69) is 15.6 Å². The van der Waals surface area contributed by atoms with Gasteiger partial charge in [0, 0.05) is 43.4 Å². The smallest absolute Gasteiger partial charge is 0.242 e. The van der Waals surface area contributed by atoms with Crippen LogP contribution in [-0.2, 0) is 20.8 Å². The van der Waals surface area contributed by atoms with E-state index < -0.39 is 6.04 Å². The molecule has 2 aromatic rings. The molecule has 6 heteroatoms. The van der Waals surface area contributed by atoms with Gasteiger partial charge in [-0.05, 0) is 24.5 Å². The van der Waals surface area contributed by atoms with Crippen LogP contribution in [0, 0.1) is 0 Å². The largest absolute Gasteiger partial charge is 0.361 e. The molecule has 0 radical (unpaired) electrons. The van der Waals surface area contributed by atoms with Crippen molar-refractivity contribution in [3.63, 3.8) is 0 Å². The summed E-state index contributed by atoms with van der Waals surface area (Å²) in [6, 6.07) is 7.39. The van der Waals surface area contributed by atoms with Crippen LogP contribution in [0.25, 0.3) is 10.9 Å². The molecule has 0 fully saturated rings. The number of rotatable bonds is 16. The monoisotopic (exact) mass is 427 g/mol. The zero-order chi connectivity index (χ0) is 22.3. The standard InChI is InChI=1S/C25H37N3O3/c1-20(30)28-24(18-21-19-27-23-15-11-10-14-22(21)23)25(31)26-16-12-8-6-4-2-3-5-7-9-13-17-29/h10-11,14-15,17,19,24,27H,2-9,12-13,16,18H2,1H3,(H,26,31)(H,28,30)/t24-/m0/s1. The number of nitrogens with one attached hydrogen (secondary N) is 3. The average molecular weight is 428 g/mol. The molecule has 0 aliphatic carbocycles. The van der Waals surface area contributed by atoms with E-state index in [0.717, 1.165) is 48.4 Å². The number of hydrogen-bond acceptors (Lipinski definition) is 3. The quantitative estimate of drug-likeness (QED) is 0.273. The van der Waals surface area contributed by atoms with Crippen LogP contribution in [0.4, 0.5) is 0 Å². The first kappa shape index (κ1) is 24.6. The van der Waals surface area contributed by atoms with Gasteiger partial charge in [-0.2, -0.15) is 0 Å². The van der Waals surface area contributed by atoms with E-state index in [4.69, 9.17) is 0 Å². The van der Waals surface area contributed by atoms with Crippen molar-refractivity contribution in [2.24, 2.45) is 0 Å². The normalized spacial score (nSPS) is 11.9. The highest BCUT2D eigenvalue weighted by atomic mass is 16.2. The number of carbonyl (C=O) groups is 3. The lowest BCUT2D eigenvalue weighted by Crippen LogP contribution is -2.47. The third kappa shape index (κ3) is 9.37. The van der Waals surface area contributed by atoms with Crippen LogP contribution in [-0.4, -0.2) is 35.7 Å². The van der Waals surface area contributed by atoms with Crippen LogP contribution in [0.5, 0.6) is 0 Å². The molecule has 1 heterocycles. The van der Waals surface area contributed by atoms with Gasteiger partial charge < -0.3 is 20.4 Å². The maximum Gasteiger partial charge on any atom is 0.242 e. The van der Waals surface area contributed by atoms with Gasteiger partial charge in [-0.15, -0.1) is 0 Å². The van der Waals surface area contributed by atoms with Gasteiger partial charge in [0.1, 0.15) is 12.3 Å². The summed E-state index contributed by atoms with van der Waals surface area (Å²) in [5, 5.41) is 6.86. The molecule has 1 aromatic heterocycles. The topological polar surface area (TPSA) is 91.1 Å². The van der Waals surface area contributed by atoms with Crippen molar-refractivity contribution in [1.29, 1.82) is 0 Å². The molecular formula is C25H37N3O3. The lowest BCUT2D eigenvalue weighted by Gasteiger charge is -2.17. The second-order valence-electron chi connectivity index (χ2n) is 8.25. The number of hydrogen-bond donors (Lipinski definition) is 3. The Bertz CT molecular complexity index is 815. The summed E-state index contributed by atoms with van der Waals surface area (Å²) in [5.41, 5.74) is 2.05. The molecular weight excluding hydrogens is 390 g/mol. The molecule has 0 aliphatic heterocycles. The van der Waals surface area contributed by atoms with Crippen LogP contribution < -0.4 is 10.6 Å².